The third kappa shape index (κ3) is 2.25. The summed E-state index contributed by atoms with van der Waals surface area (Å²) >= 11 is 6.00. The normalized spacial score (nSPS) is 37.8. The molecule has 2 nitrogen and oxygen atoms in total. The van der Waals surface area contributed by atoms with Gasteiger partial charge >= 0.3 is 0 Å². The van der Waals surface area contributed by atoms with E-state index in [4.69, 9.17) is 16.3 Å². The molecule has 2 aliphatic rings. The topological polar surface area (TPSA) is 29.5 Å². The highest BCUT2D eigenvalue weighted by Gasteiger charge is 2.47. The van der Waals surface area contributed by atoms with Crippen molar-refractivity contribution in [1.82, 2.24) is 0 Å². The highest BCUT2D eigenvalue weighted by Crippen LogP contribution is 2.49. The monoisotopic (exact) mass is 280 g/mol. The zero-order valence-corrected chi connectivity index (χ0v) is 12.3. The number of halogens is 1. The number of hydrogen-bond acceptors (Lipinski definition) is 2. The standard InChI is InChI=1S/C16H21ClO2/c1-10-5-6-16(11(2)7-10)9-14(18)13-8-12(17)3-4-15(13)19-16/h3-4,8,10-11,14,18H,5-7,9H2,1-2H3/t10?,11?,14-,16?/m0/s1. The number of ether oxygens (including phenoxy) is 1. The largest absolute Gasteiger partial charge is 0.487 e. The van der Waals surface area contributed by atoms with Crippen LogP contribution < -0.4 is 4.74 Å². The van der Waals surface area contributed by atoms with E-state index >= 15 is 0 Å². The second-order valence-corrected chi connectivity index (χ2v) is 6.79. The van der Waals surface area contributed by atoms with E-state index < -0.39 is 6.10 Å². The van der Waals surface area contributed by atoms with Crippen molar-refractivity contribution in [2.45, 2.75) is 51.2 Å². The molecule has 0 aromatic heterocycles. The van der Waals surface area contributed by atoms with Crippen molar-refractivity contribution in [3.63, 3.8) is 0 Å². The van der Waals surface area contributed by atoms with E-state index in [9.17, 15) is 5.11 Å². The molecule has 0 amide bonds. The number of hydrogen-bond donors (Lipinski definition) is 1. The fourth-order valence-electron chi connectivity index (χ4n) is 3.70. The molecule has 1 N–H and O–H groups in total. The molecule has 0 radical (unpaired) electrons. The Kier molecular flexibility index (Phi) is 3.26. The van der Waals surface area contributed by atoms with E-state index in [1.54, 1.807) is 0 Å². The van der Waals surface area contributed by atoms with Crippen LogP contribution in [-0.2, 0) is 0 Å². The van der Waals surface area contributed by atoms with E-state index in [1.807, 2.05) is 18.2 Å². The van der Waals surface area contributed by atoms with E-state index in [0.717, 1.165) is 23.7 Å². The molecule has 104 valence electrons. The van der Waals surface area contributed by atoms with Gasteiger partial charge in [0.05, 0.1) is 6.10 Å². The molecule has 3 rings (SSSR count). The first kappa shape index (κ1) is 13.3. The van der Waals surface area contributed by atoms with Gasteiger partial charge in [0.1, 0.15) is 11.4 Å². The Bertz CT molecular complexity index is 488. The number of rotatable bonds is 0. The van der Waals surface area contributed by atoms with Crippen molar-refractivity contribution >= 4 is 11.6 Å². The smallest absolute Gasteiger partial charge is 0.126 e. The van der Waals surface area contributed by atoms with Crippen molar-refractivity contribution in [2.75, 3.05) is 0 Å². The van der Waals surface area contributed by atoms with E-state index in [-0.39, 0.29) is 5.60 Å². The summed E-state index contributed by atoms with van der Waals surface area (Å²) in [5, 5.41) is 11.1. The van der Waals surface area contributed by atoms with Gasteiger partial charge in [-0.05, 0) is 49.3 Å². The maximum atomic E-state index is 10.4. The minimum absolute atomic E-state index is 0.188. The Morgan fingerprint density at radius 1 is 1.37 bits per heavy atom. The van der Waals surface area contributed by atoms with Gasteiger partial charge in [0.15, 0.2) is 0 Å². The van der Waals surface area contributed by atoms with Crippen LogP contribution >= 0.6 is 11.6 Å². The highest BCUT2D eigenvalue weighted by atomic mass is 35.5. The van der Waals surface area contributed by atoms with Crippen LogP contribution in [0, 0.1) is 11.8 Å². The number of aliphatic hydroxyl groups excluding tert-OH is 1. The molecule has 0 saturated heterocycles. The van der Waals surface area contributed by atoms with E-state index in [0.29, 0.717) is 17.4 Å². The van der Waals surface area contributed by atoms with Crippen molar-refractivity contribution < 1.29 is 9.84 Å². The van der Waals surface area contributed by atoms with Crippen LogP contribution in [-0.4, -0.2) is 10.7 Å². The third-order valence-corrected chi connectivity index (χ3v) is 5.13. The highest BCUT2D eigenvalue weighted by molar-refractivity contribution is 6.30. The quantitative estimate of drug-likeness (QED) is 0.765. The molecule has 1 aliphatic carbocycles. The number of benzene rings is 1. The van der Waals surface area contributed by atoms with Gasteiger partial charge in [0, 0.05) is 17.0 Å². The lowest BCUT2D eigenvalue weighted by Gasteiger charge is -2.48. The second kappa shape index (κ2) is 4.68. The molecule has 1 saturated carbocycles. The first-order chi connectivity index (χ1) is 9.00. The summed E-state index contributed by atoms with van der Waals surface area (Å²) < 4.78 is 6.33. The van der Waals surface area contributed by atoms with Crippen LogP contribution in [0.5, 0.6) is 5.75 Å². The molecule has 3 heteroatoms. The summed E-state index contributed by atoms with van der Waals surface area (Å²) in [5.41, 5.74) is 0.649. The fourth-order valence-corrected chi connectivity index (χ4v) is 3.88. The average Bonchev–Trinajstić information content (AvgIpc) is 2.36. The van der Waals surface area contributed by atoms with Crippen LogP contribution in [0.1, 0.15) is 51.2 Å². The minimum Gasteiger partial charge on any atom is -0.487 e. The molecule has 0 bridgehead atoms. The third-order valence-electron chi connectivity index (χ3n) is 4.90. The Balaban J connectivity index is 1.94. The predicted molar refractivity (Wildman–Crippen MR) is 76.6 cm³/mol. The van der Waals surface area contributed by atoms with Crippen molar-refractivity contribution in [3.05, 3.63) is 28.8 Å². The zero-order chi connectivity index (χ0) is 13.6. The van der Waals surface area contributed by atoms with Crippen LogP contribution in [0.4, 0.5) is 0 Å². The van der Waals surface area contributed by atoms with Gasteiger partial charge in [-0.1, -0.05) is 25.4 Å². The first-order valence-electron chi connectivity index (χ1n) is 7.17. The van der Waals surface area contributed by atoms with Gasteiger partial charge < -0.3 is 9.84 Å². The molecular weight excluding hydrogens is 260 g/mol. The molecular formula is C16H21ClO2. The lowest BCUT2D eigenvalue weighted by Crippen LogP contribution is -2.49. The second-order valence-electron chi connectivity index (χ2n) is 6.35. The van der Waals surface area contributed by atoms with Gasteiger partial charge in [-0.15, -0.1) is 0 Å². The lowest BCUT2D eigenvalue weighted by atomic mass is 9.68. The van der Waals surface area contributed by atoms with Crippen LogP contribution in [0.3, 0.4) is 0 Å². The Morgan fingerprint density at radius 2 is 2.16 bits per heavy atom. The summed E-state index contributed by atoms with van der Waals surface area (Å²) in [7, 11) is 0. The lowest BCUT2D eigenvalue weighted by molar-refractivity contribution is -0.0802. The summed E-state index contributed by atoms with van der Waals surface area (Å²) in [6.07, 6.45) is 3.62. The molecule has 1 aliphatic heterocycles. The first-order valence-corrected chi connectivity index (χ1v) is 7.54. The van der Waals surface area contributed by atoms with Gasteiger partial charge in [-0.25, -0.2) is 0 Å². The summed E-state index contributed by atoms with van der Waals surface area (Å²) in [4.78, 5) is 0. The van der Waals surface area contributed by atoms with Crippen LogP contribution in [0.15, 0.2) is 18.2 Å². The average molecular weight is 281 g/mol. The van der Waals surface area contributed by atoms with Gasteiger partial charge in [0.2, 0.25) is 0 Å². The molecule has 1 spiro atoms. The molecule has 1 aromatic rings. The van der Waals surface area contributed by atoms with Gasteiger partial charge in [0.25, 0.3) is 0 Å². The van der Waals surface area contributed by atoms with E-state index in [2.05, 4.69) is 13.8 Å². The molecule has 3 unspecified atom stereocenters. The number of fused-ring (bicyclic) bond motifs is 1. The number of aliphatic hydroxyl groups is 1. The SMILES string of the molecule is CC1CCC2(C[C@H](O)c3cc(Cl)ccc3O2)C(C)C1. The molecule has 1 heterocycles. The van der Waals surface area contributed by atoms with Crippen molar-refractivity contribution in [1.29, 1.82) is 0 Å². The summed E-state index contributed by atoms with van der Waals surface area (Å²) in [5.74, 6) is 2.05. The molecule has 19 heavy (non-hydrogen) atoms. The zero-order valence-electron chi connectivity index (χ0n) is 11.5. The van der Waals surface area contributed by atoms with Crippen LogP contribution in [0.2, 0.25) is 5.02 Å². The Hall–Kier alpha value is -0.730. The van der Waals surface area contributed by atoms with Gasteiger partial charge in [-0.2, -0.15) is 0 Å². The van der Waals surface area contributed by atoms with Crippen molar-refractivity contribution in [3.8, 4) is 5.75 Å². The maximum absolute atomic E-state index is 10.4. The summed E-state index contributed by atoms with van der Waals surface area (Å²) in [6.45, 7) is 4.56. The Labute approximate surface area is 119 Å². The summed E-state index contributed by atoms with van der Waals surface area (Å²) in [6, 6.07) is 5.55. The fraction of sp³-hybridized carbons (Fsp3) is 0.625. The molecule has 4 atom stereocenters. The predicted octanol–water partition coefficient (Wildman–Crippen LogP) is 4.35. The Morgan fingerprint density at radius 3 is 2.89 bits per heavy atom. The molecule has 1 aromatic carbocycles. The maximum Gasteiger partial charge on any atom is 0.126 e. The van der Waals surface area contributed by atoms with E-state index in [1.165, 1.54) is 12.8 Å². The van der Waals surface area contributed by atoms with Crippen LogP contribution in [0.25, 0.3) is 0 Å². The van der Waals surface area contributed by atoms with Crippen molar-refractivity contribution in [2.24, 2.45) is 11.8 Å². The molecule has 1 fully saturated rings. The minimum atomic E-state index is -0.460. The van der Waals surface area contributed by atoms with Gasteiger partial charge in [-0.3, -0.25) is 0 Å².